The van der Waals surface area contributed by atoms with Crippen LogP contribution in [0.5, 0.6) is 17.5 Å². The topological polar surface area (TPSA) is 301 Å². The Morgan fingerprint density at radius 2 is 0.748 bits per heavy atom. The van der Waals surface area contributed by atoms with Crippen molar-refractivity contribution in [2.45, 2.75) is 55.5 Å². The van der Waals surface area contributed by atoms with Gasteiger partial charge >= 0.3 is 0 Å². The highest BCUT2D eigenvalue weighted by molar-refractivity contribution is 5.90. The Morgan fingerprint density at radius 1 is 0.341 bits per heavy atom. The van der Waals surface area contributed by atoms with E-state index in [9.17, 15) is 15.8 Å². The standard InChI is InChI=1S/3C31H27N9O/c1-37-17-24(15-35-37)22-10-29(31-23(12-32)14-36-40(31)18-22)21-5-8-30(34-13-21)38-19-26-11-27(20-38)39(26)9-3-4-25-6-7-28(41-2)16-33-25;1-37-17-25(16-35-37)23-10-28(31-24(12-32)15-36-40(31)18-23)22-6-7-29(33-14-22)38-19-26-11-27(20-38)39(26)9-3-4-21-5-8-30(41-2)34-13-21;1-37-17-25(16-35-37)23-11-28(31-24(13-32)15-36-40(31)18-23)22-5-6-29(34-14-22)38-19-26-12-27(20-38)39(26)9-3-4-21-7-8-33-30(10-21)41-2/h2*5-8,10,13-18,26-27H,9,11,19-20H2,1-2H3;5-8,10-11,14-18,26-27H,9,12,19-20H2,1-2H3. The molecule has 606 valence electrons. The highest BCUT2D eigenvalue weighted by Crippen LogP contribution is 2.41. The monoisotopic (exact) mass is 1620 g/mol. The van der Waals surface area contributed by atoms with Crippen LogP contribution in [0, 0.1) is 69.5 Å². The number of piperazine rings is 3. The van der Waals surface area contributed by atoms with Crippen LogP contribution < -0.4 is 28.9 Å². The summed E-state index contributed by atoms with van der Waals surface area (Å²) in [5.74, 6) is 24.3. The summed E-state index contributed by atoms with van der Waals surface area (Å²) in [6, 6.07) is 39.7. The lowest BCUT2D eigenvalue weighted by atomic mass is 9.87. The third-order valence-electron chi connectivity index (χ3n) is 23.8. The van der Waals surface area contributed by atoms with E-state index in [-0.39, 0.29) is 0 Å². The second-order valence-corrected chi connectivity index (χ2v) is 31.3. The lowest BCUT2D eigenvalue weighted by Crippen LogP contribution is -2.68. The van der Waals surface area contributed by atoms with Crippen LogP contribution in [0.3, 0.4) is 0 Å². The highest BCUT2D eigenvalue weighted by Gasteiger charge is 2.47. The van der Waals surface area contributed by atoms with Gasteiger partial charge in [-0.25, -0.2) is 43.5 Å². The van der Waals surface area contributed by atoms with Crippen LogP contribution in [-0.2, 0) is 21.1 Å². The number of nitrogens with zero attached hydrogens (tertiary/aromatic N) is 27. The summed E-state index contributed by atoms with van der Waals surface area (Å²) in [6.45, 7) is 7.78. The maximum atomic E-state index is 9.72. The van der Waals surface area contributed by atoms with Crippen molar-refractivity contribution >= 4 is 34.0 Å². The van der Waals surface area contributed by atoms with Crippen LogP contribution >= 0.6 is 0 Å². The molecule has 0 amide bonds. The molecule has 0 aliphatic carbocycles. The van der Waals surface area contributed by atoms with E-state index >= 15 is 0 Å². The number of anilines is 3. The van der Waals surface area contributed by atoms with E-state index in [1.165, 1.54) is 19.3 Å². The molecule has 9 fully saturated rings. The van der Waals surface area contributed by atoms with Gasteiger partial charge in [0.1, 0.15) is 47.1 Å². The van der Waals surface area contributed by atoms with E-state index in [0.29, 0.717) is 64.7 Å². The molecule has 0 radical (unpaired) electrons. The molecule has 123 heavy (non-hydrogen) atoms. The Kier molecular flexibility index (Phi) is 21.0. The minimum atomic E-state index is 0.467. The quantitative estimate of drug-likeness (QED) is 0.0861. The van der Waals surface area contributed by atoms with Crippen molar-refractivity contribution in [1.29, 1.82) is 15.8 Å². The SMILES string of the molecule is COc1cc(C#CCN2C3CC2CN(c2ccc(-c4cc(-c5cnn(C)c5)cn5ncc(C#N)c45)cn2)C3)ccn1.COc1ccc(C#CCN2C3CC2CN(c2ccc(-c4cc(-c5cnn(C)c5)cn5ncc(C#N)c45)cn2)C3)cn1.COc1ccc(C#CCN2C3CC2CN(c2ccc(-c4cc(-c5cnn(C)c5)cn5ncc(C#N)c45)cn2)C3)nc1. The number of piperidine rings is 3. The van der Waals surface area contributed by atoms with Crippen molar-refractivity contribution in [3.63, 3.8) is 0 Å². The third-order valence-corrected chi connectivity index (χ3v) is 23.8. The van der Waals surface area contributed by atoms with E-state index in [0.717, 1.165) is 182 Å². The smallest absolute Gasteiger partial charge is 0.214 e. The zero-order valence-corrected chi connectivity index (χ0v) is 68.3. The van der Waals surface area contributed by atoms with E-state index in [4.69, 9.17) is 29.2 Å². The maximum absolute atomic E-state index is 9.72. The van der Waals surface area contributed by atoms with Crippen molar-refractivity contribution < 1.29 is 14.2 Å². The Morgan fingerprint density at radius 3 is 1.08 bits per heavy atom. The van der Waals surface area contributed by atoms with Gasteiger partial charge in [-0.2, -0.15) is 46.4 Å². The number of hydrogen-bond acceptors (Lipinski definition) is 24. The molecule has 6 bridgehead atoms. The highest BCUT2D eigenvalue weighted by atomic mass is 16.5. The molecule has 24 rings (SSSR count). The van der Waals surface area contributed by atoms with Gasteiger partial charge in [0.2, 0.25) is 11.8 Å². The number of fused-ring (bicyclic) bond motifs is 9. The van der Waals surface area contributed by atoms with Gasteiger partial charge in [-0.1, -0.05) is 29.6 Å². The number of rotatable bonds is 15. The third kappa shape index (κ3) is 15.6. The number of ether oxygens (including phenoxy) is 3. The second kappa shape index (κ2) is 33.3. The molecule has 0 aromatic carbocycles. The van der Waals surface area contributed by atoms with Gasteiger partial charge in [-0.05, 0) is 104 Å². The molecule has 0 saturated carbocycles. The molecule has 0 spiro atoms. The lowest BCUT2D eigenvalue weighted by Gasteiger charge is -2.56. The first kappa shape index (κ1) is 77.3. The maximum Gasteiger partial charge on any atom is 0.214 e. The fraction of sp³-hybridized carbons (Fsp3) is 0.258. The summed E-state index contributed by atoms with van der Waals surface area (Å²) < 4.78 is 26.1. The zero-order chi connectivity index (χ0) is 83.8. The van der Waals surface area contributed by atoms with Gasteiger partial charge in [-0.15, -0.1) is 0 Å². The molecular weight excluding hydrogens is 1540 g/mol. The summed E-state index contributed by atoms with van der Waals surface area (Å²) in [4.78, 5) is 41.8. The van der Waals surface area contributed by atoms with Crippen LogP contribution in [0.2, 0.25) is 0 Å². The van der Waals surface area contributed by atoms with Crippen molar-refractivity contribution in [1.82, 2.24) is 103 Å². The van der Waals surface area contributed by atoms with Crippen molar-refractivity contribution in [3.8, 4) is 138 Å². The first-order valence-electron chi connectivity index (χ1n) is 40.4. The molecule has 9 aliphatic heterocycles. The molecule has 15 aromatic heterocycles. The van der Waals surface area contributed by atoms with Gasteiger partial charge in [0.05, 0.1) is 118 Å². The number of pyridine rings is 9. The number of methoxy groups -OCH3 is 3. The van der Waals surface area contributed by atoms with Crippen LogP contribution in [0.1, 0.15) is 52.8 Å². The van der Waals surface area contributed by atoms with Crippen LogP contribution in [-0.4, -0.2) is 219 Å². The molecule has 30 nitrogen and oxygen atoms in total. The van der Waals surface area contributed by atoms with Gasteiger partial charge in [0, 0.05) is 255 Å². The van der Waals surface area contributed by atoms with Gasteiger partial charge in [0.25, 0.3) is 0 Å². The largest absolute Gasteiger partial charge is 0.495 e. The van der Waals surface area contributed by atoms with E-state index in [2.05, 4.69) is 183 Å². The summed E-state index contributed by atoms with van der Waals surface area (Å²) in [7, 11) is 10.5. The Labute approximate surface area is 708 Å². The van der Waals surface area contributed by atoms with Crippen molar-refractivity contribution in [2.24, 2.45) is 21.1 Å². The van der Waals surface area contributed by atoms with Crippen LogP contribution in [0.15, 0.2) is 203 Å². The molecule has 9 aliphatic rings. The second-order valence-electron chi connectivity index (χ2n) is 31.3. The molecule has 6 unspecified atom stereocenters. The van der Waals surface area contributed by atoms with Crippen molar-refractivity contribution in [3.05, 3.63) is 236 Å². The fourth-order valence-corrected chi connectivity index (χ4v) is 17.5. The average molecular weight is 1620 g/mol. The molecule has 24 heterocycles. The van der Waals surface area contributed by atoms with Crippen molar-refractivity contribution in [2.75, 3.05) is 94.9 Å². The Bertz CT molecular complexity index is 6520. The average Bonchev–Trinajstić information content (AvgIpc) is 1.48. The zero-order valence-electron chi connectivity index (χ0n) is 68.3. The summed E-state index contributed by atoms with van der Waals surface area (Å²) >= 11 is 0. The first-order chi connectivity index (χ1) is 60.3. The van der Waals surface area contributed by atoms with Gasteiger partial charge in [-0.3, -0.25) is 28.7 Å². The predicted molar refractivity (Wildman–Crippen MR) is 462 cm³/mol. The Balaban J connectivity index is 0.000000121. The molecule has 6 atom stereocenters. The van der Waals surface area contributed by atoms with E-state index in [1.807, 2.05) is 132 Å². The van der Waals surface area contributed by atoms with Crippen LogP contribution in [0.4, 0.5) is 17.5 Å². The molecule has 0 N–H and O–H groups in total. The molecule has 30 heteroatoms. The number of nitriles is 3. The van der Waals surface area contributed by atoms with Crippen LogP contribution in [0.25, 0.3) is 83.3 Å². The lowest BCUT2D eigenvalue weighted by molar-refractivity contribution is 0.0125. The number of hydrogen-bond donors (Lipinski definition) is 0. The van der Waals surface area contributed by atoms with E-state index < -0.39 is 0 Å². The summed E-state index contributed by atoms with van der Waals surface area (Å²) in [6.07, 6.45) is 36.4. The number of aryl methyl sites for hydroxylation is 3. The normalized spacial score (nSPS) is 17.9. The van der Waals surface area contributed by atoms with Gasteiger partial charge in [0.15, 0.2) is 0 Å². The molecule has 9 saturated heterocycles. The molecule has 15 aromatic rings. The summed E-state index contributed by atoms with van der Waals surface area (Å²) in [5.41, 5.74) is 17.9. The Hall–Kier alpha value is -15.6. The van der Waals surface area contributed by atoms with E-state index in [1.54, 1.807) is 86.1 Å². The fourth-order valence-electron chi connectivity index (χ4n) is 17.5. The number of aromatic nitrogens is 18. The first-order valence-corrected chi connectivity index (χ1v) is 40.4. The predicted octanol–water partition coefficient (Wildman–Crippen LogP) is 10.2. The minimum absolute atomic E-state index is 0.467. The minimum Gasteiger partial charge on any atom is -0.495 e. The van der Waals surface area contributed by atoms with Gasteiger partial charge < -0.3 is 28.9 Å². The summed E-state index contributed by atoms with van der Waals surface area (Å²) in [5, 5.41) is 55.4. The molecular formula is C93H81N27O3.